The summed E-state index contributed by atoms with van der Waals surface area (Å²) in [5.74, 6) is 0. The molecule has 0 N–H and O–H groups in total. The molecule has 1 aromatic heterocycles. The minimum Gasteiger partial charge on any atom is -0.245 e. The Morgan fingerprint density at radius 3 is 2.11 bits per heavy atom. The van der Waals surface area contributed by atoms with Crippen molar-refractivity contribution in [2.45, 2.75) is 0 Å². The number of aromatic nitrogens is 2. The summed E-state index contributed by atoms with van der Waals surface area (Å²) >= 11 is 6.29. The maximum atomic E-state index is 6.29. The molecule has 3 aromatic rings. The standard InChI is InChI=1S/C16H11ClN2/c17-15-8-4-3-6-13(15)12-5-1-2-7-14(12)16-9-10-18-11-19-16/h1-11H. The molecule has 0 saturated carbocycles. The second kappa shape index (κ2) is 5.21. The van der Waals surface area contributed by atoms with Gasteiger partial charge in [0.2, 0.25) is 0 Å². The zero-order chi connectivity index (χ0) is 13.1. The lowest BCUT2D eigenvalue weighted by Crippen LogP contribution is -1.88. The summed E-state index contributed by atoms with van der Waals surface area (Å²) in [7, 11) is 0. The van der Waals surface area contributed by atoms with Crippen LogP contribution in [-0.4, -0.2) is 9.97 Å². The van der Waals surface area contributed by atoms with Crippen molar-refractivity contribution in [1.29, 1.82) is 0 Å². The minimum absolute atomic E-state index is 0.740. The first kappa shape index (κ1) is 11.9. The summed E-state index contributed by atoms with van der Waals surface area (Å²) in [6.07, 6.45) is 3.30. The van der Waals surface area contributed by atoms with E-state index in [4.69, 9.17) is 11.6 Å². The lowest BCUT2D eigenvalue weighted by atomic mass is 9.97. The molecule has 0 radical (unpaired) electrons. The highest BCUT2D eigenvalue weighted by molar-refractivity contribution is 6.33. The quantitative estimate of drug-likeness (QED) is 0.684. The summed E-state index contributed by atoms with van der Waals surface area (Å²) in [5.41, 5.74) is 4.04. The Hall–Kier alpha value is -2.19. The topological polar surface area (TPSA) is 25.8 Å². The van der Waals surface area contributed by atoms with Gasteiger partial charge in [-0.3, -0.25) is 0 Å². The van der Waals surface area contributed by atoms with E-state index in [1.807, 2.05) is 48.5 Å². The smallest absolute Gasteiger partial charge is 0.116 e. The third kappa shape index (κ3) is 2.35. The molecular formula is C16H11ClN2. The third-order valence-electron chi connectivity index (χ3n) is 2.95. The van der Waals surface area contributed by atoms with Crippen molar-refractivity contribution in [2.75, 3.05) is 0 Å². The third-order valence-corrected chi connectivity index (χ3v) is 3.28. The van der Waals surface area contributed by atoms with Crippen molar-refractivity contribution in [2.24, 2.45) is 0 Å². The van der Waals surface area contributed by atoms with Crippen molar-refractivity contribution >= 4 is 11.6 Å². The van der Waals surface area contributed by atoms with Crippen LogP contribution in [0.3, 0.4) is 0 Å². The van der Waals surface area contributed by atoms with Crippen LogP contribution in [-0.2, 0) is 0 Å². The highest BCUT2D eigenvalue weighted by Gasteiger charge is 2.09. The maximum Gasteiger partial charge on any atom is 0.116 e. The van der Waals surface area contributed by atoms with Gasteiger partial charge < -0.3 is 0 Å². The van der Waals surface area contributed by atoms with Gasteiger partial charge in [-0.2, -0.15) is 0 Å². The second-order valence-electron chi connectivity index (χ2n) is 4.12. The summed E-state index contributed by atoms with van der Waals surface area (Å²) in [4.78, 5) is 8.26. The van der Waals surface area contributed by atoms with Crippen molar-refractivity contribution < 1.29 is 0 Å². The van der Waals surface area contributed by atoms with E-state index in [1.165, 1.54) is 0 Å². The Labute approximate surface area is 116 Å². The fourth-order valence-corrected chi connectivity index (χ4v) is 2.31. The number of benzene rings is 2. The lowest BCUT2D eigenvalue weighted by Gasteiger charge is -2.10. The molecule has 3 rings (SSSR count). The molecule has 3 heteroatoms. The molecule has 0 atom stereocenters. The number of hydrogen-bond acceptors (Lipinski definition) is 2. The van der Waals surface area contributed by atoms with Crippen molar-refractivity contribution in [3.05, 3.63) is 72.1 Å². The molecule has 0 aliphatic rings. The average Bonchev–Trinajstić information content (AvgIpc) is 2.49. The Balaban J connectivity index is 2.21. The molecule has 0 aliphatic carbocycles. The molecule has 0 bridgehead atoms. The van der Waals surface area contributed by atoms with E-state index < -0.39 is 0 Å². The Kier molecular flexibility index (Phi) is 3.25. The van der Waals surface area contributed by atoms with Crippen LogP contribution in [0, 0.1) is 0 Å². The average molecular weight is 267 g/mol. The van der Waals surface area contributed by atoms with Gasteiger partial charge in [0.05, 0.1) is 5.69 Å². The molecule has 0 spiro atoms. The molecule has 2 aromatic carbocycles. The molecular weight excluding hydrogens is 256 g/mol. The molecule has 0 fully saturated rings. The highest BCUT2D eigenvalue weighted by atomic mass is 35.5. The van der Waals surface area contributed by atoms with E-state index in [1.54, 1.807) is 12.5 Å². The molecule has 2 nitrogen and oxygen atoms in total. The SMILES string of the molecule is Clc1ccccc1-c1ccccc1-c1ccncn1. The van der Waals surface area contributed by atoms with Crippen LogP contribution in [0.5, 0.6) is 0 Å². The molecule has 0 unspecified atom stereocenters. The van der Waals surface area contributed by atoms with Crippen LogP contribution in [0.25, 0.3) is 22.4 Å². The summed E-state index contributed by atoms with van der Waals surface area (Å²) in [6, 6.07) is 17.8. The van der Waals surface area contributed by atoms with Gasteiger partial charge in [-0.05, 0) is 17.7 Å². The second-order valence-corrected chi connectivity index (χ2v) is 4.53. The van der Waals surface area contributed by atoms with Gasteiger partial charge in [0, 0.05) is 22.3 Å². The van der Waals surface area contributed by atoms with Gasteiger partial charge in [-0.15, -0.1) is 0 Å². The highest BCUT2D eigenvalue weighted by Crippen LogP contribution is 2.34. The fourth-order valence-electron chi connectivity index (χ4n) is 2.07. The van der Waals surface area contributed by atoms with Crippen LogP contribution in [0.1, 0.15) is 0 Å². The Morgan fingerprint density at radius 1 is 0.737 bits per heavy atom. The summed E-state index contributed by atoms with van der Waals surface area (Å²) in [6.45, 7) is 0. The van der Waals surface area contributed by atoms with E-state index in [-0.39, 0.29) is 0 Å². The molecule has 19 heavy (non-hydrogen) atoms. The predicted octanol–water partition coefficient (Wildman–Crippen LogP) is 4.46. The van der Waals surface area contributed by atoms with Gasteiger partial charge >= 0.3 is 0 Å². The molecule has 92 valence electrons. The van der Waals surface area contributed by atoms with Gasteiger partial charge in [0.25, 0.3) is 0 Å². The number of halogens is 1. The van der Waals surface area contributed by atoms with E-state index in [2.05, 4.69) is 16.0 Å². The monoisotopic (exact) mass is 266 g/mol. The maximum absolute atomic E-state index is 6.29. The van der Waals surface area contributed by atoms with Crippen molar-refractivity contribution in [3.63, 3.8) is 0 Å². The molecule has 0 saturated heterocycles. The van der Waals surface area contributed by atoms with Crippen molar-refractivity contribution in [1.82, 2.24) is 9.97 Å². The van der Waals surface area contributed by atoms with E-state index in [9.17, 15) is 0 Å². The number of hydrogen-bond donors (Lipinski definition) is 0. The lowest BCUT2D eigenvalue weighted by molar-refractivity contribution is 1.17. The summed E-state index contributed by atoms with van der Waals surface area (Å²) < 4.78 is 0. The van der Waals surface area contributed by atoms with Crippen LogP contribution < -0.4 is 0 Å². The summed E-state index contributed by atoms with van der Waals surface area (Å²) in [5, 5.41) is 0.740. The van der Waals surface area contributed by atoms with E-state index in [0.717, 1.165) is 27.4 Å². The van der Waals surface area contributed by atoms with E-state index in [0.29, 0.717) is 0 Å². The number of nitrogens with zero attached hydrogens (tertiary/aromatic N) is 2. The van der Waals surface area contributed by atoms with Gasteiger partial charge in [-0.1, -0.05) is 54.1 Å². The molecule has 1 heterocycles. The van der Waals surface area contributed by atoms with Gasteiger partial charge in [0.1, 0.15) is 6.33 Å². The first-order valence-corrected chi connectivity index (χ1v) is 6.34. The predicted molar refractivity (Wildman–Crippen MR) is 77.9 cm³/mol. The normalized spacial score (nSPS) is 10.4. The molecule has 0 aliphatic heterocycles. The minimum atomic E-state index is 0.740. The van der Waals surface area contributed by atoms with Crippen LogP contribution in [0.4, 0.5) is 0 Å². The number of rotatable bonds is 2. The largest absolute Gasteiger partial charge is 0.245 e. The van der Waals surface area contributed by atoms with E-state index >= 15 is 0 Å². The first-order chi connectivity index (χ1) is 9.36. The Bertz CT molecular complexity index is 696. The van der Waals surface area contributed by atoms with Gasteiger partial charge in [-0.25, -0.2) is 9.97 Å². The van der Waals surface area contributed by atoms with Crippen LogP contribution >= 0.6 is 11.6 Å². The molecule has 0 amide bonds. The van der Waals surface area contributed by atoms with Crippen LogP contribution in [0.2, 0.25) is 5.02 Å². The Morgan fingerprint density at radius 2 is 1.42 bits per heavy atom. The fraction of sp³-hybridized carbons (Fsp3) is 0. The zero-order valence-electron chi connectivity index (χ0n) is 10.1. The van der Waals surface area contributed by atoms with Crippen LogP contribution in [0.15, 0.2) is 67.1 Å². The first-order valence-electron chi connectivity index (χ1n) is 5.96. The van der Waals surface area contributed by atoms with Crippen molar-refractivity contribution in [3.8, 4) is 22.4 Å². The zero-order valence-corrected chi connectivity index (χ0v) is 10.9. The van der Waals surface area contributed by atoms with Gasteiger partial charge in [0.15, 0.2) is 0 Å².